The van der Waals surface area contributed by atoms with Crippen molar-refractivity contribution in [2.75, 3.05) is 5.32 Å². The summed E-state index contributed by atoms with van der Waals surface area (Å²) in [5.41, 5.74) is 3.83. The van der Waals surface area contributed by atoms with Gasteiger partial charge in [0.15, 0.2) is 0 Å². The first-order valence-electron chi connectivity index (χ1n) is 11.6. The summed E-state index contributed by atoms with van der Waals surface area (Å²) in [5, 5.41) is 13.3. The van der Waals surface area contributed by atoms with Crippen molar-refractivity contribution in [2.45, 2.75) is 50.7 Å². The van der Waals surface area contributed by atoms with Gasteiger partial charge in [-0.3, -0.25) is 19.9 Å². The molecule has 1 unspecified atom stereocenters. The predicted octanol–water partition coefficient (Wildman–Crippen LogP) is 5.00. The van der Waals surface area contributed by atoms with Gasteiger partial charge in [0.25, 0.3) is 11.1 Å². The van der Waals surface area contributed by atoms with Crippen LogP contribution in [0.1, 0.15) is 50.0 Å². The zero-order valence-corrected chi connectivity index (χ0v) is 20.9. The van der Waals surface area contributed by atoms with Crippen molar-refractivity contribution in [3.05, 3.63) is 63.6 Å². The molecule has 3 aromatic heterocycles. The summed E-state index contributed by atoms with van der Waals surface area (Å²) in [6, 6.07) is 10.9. The molecule has 4 heterocycles. The Bertz CT molecular complexity index is 1240. The minimum absolute atomic E-state index is 0.175. The van der Waals surface area contributed by atoms with Crippen molar-refractivity contribution in [1.29, 1.82) is 0 Å². The lowest BCUT2D eigenvalue weighted by Gasteiger charge is -2.31. The Balaban J connectivity index is 1.14. The van der Waals surface area contributed by atoms with E-state index >= 15 is 0 Å². The molecule has 0 radical (unpaired) electrons. The number of nitrogens with zero attached hydrogens (tertiary/aromatic N) is 3. The highest BCUT2D eigenvalue weighted by Gasteiger charge is 2.26. The second kappa shape index (κ2) is 10.7. The number of pyridine rings is 1. The third-order valence-electron chi connectivity index (χ3n) is 6.18. The third kappa shape index (κ3) is 5.95. The maximum absolute atomic E-state index is 11.8. The van der Waals surface area contributed by atoms with Crippen LogP contribution >= 0.6 is 23.1 Å². The van der Waals surface area contributed by atoms with Gasteiger partial charge in [-0.1, -0.05) is 6.07 Å². The Kier molecular flexibility index (Phi) is 7.21. The summed E-state index contributed by atoms with van der Waals surface area (Å²) >= 11 is 2.57. The normalized spacial score (nSPS) is 22.3. The standard InChI is InChI=1S/C25H26N6O2S2/c1-15(20-3-2-4-21(30-20)16-10-12-34-14-16)27-17-5-7-18(8-6-17)28-24-26-11-9-19(29-24)13-22-23(32)31-25(33)35-22/h2-4,9-15,17-18,27H,5-8H2,1H3,(H,26,28,29)(H,31,32,33)/b22-13-. The third-order valence-corrected chi connectivity index (χ3v) is 7.67. The number of nitrogens with one attached hydrogen (secondary N) is 3. The summed E-state index contributed by atoms with van der Waals surface area (Å²) in [5.74, 6) is 0.148. The number of thioether (sulfide) groups is 1. The van der Waals surface area contributed by atoms with Crippen molar-refractivity contribution in [2.24, 2.45) is 0 Å². The predicted molar refractivity (Wildman–Crippen MR) is 140 cm³/mol. The second-order valence-corrected chi connectivity index (χ2v) is 10.5. The molecule has 1 saturated carbocycles. The quantitative estimate of drug-likeness (QED) is 0.384. The van der Waals surface area contributed by atoms with E-state index in [1.807, 2.05) is 0 Å². The van der Waals surface area contributed by atoms with Gasteiger partial charge in [0.05, 0.1) is 22.0 Å². The number of aromatic nitrogens is 3. The van der Waals surface area contributed by atoms with Crippen molar-refractivity contribution in [3.8, 4) is 11.3 Å². The molecule has 2 fully saturated rings. The maximum Gasteiger partial charge on any atom is 0.290 e. The summed E-state index contributed by atoms with van der Waals surface area (Å²) in [7, 11) is 0. The fourth-order valence-corrected chi connectivity index (χ4v) is 5.68. The molecule has 1 atom stereocenters. The number of rotatable bonds is 7. The van der Waals surface area contributed by atoms with Crippen LogP contribution in [-0.4, -0.2) is 38.2 Å². The van der Waals surface area contributed by atoms with E-state index in [9.17, 15) is 9.59 Å². The summed E-state index contributed by atoms with van der Waals surface area (Å²) in [4.78, 5) is 37.2. The van der Waals surface area contributed by atoms with Crippen molar-refractivity contribution in [1.82, 2.24) is 25.6 Å². The zero-order valence-electron chi connectivity index (χ0n) is 19.2. The van der Waals surface area contributed by atoms with Crippen LogP contribution in [0.15, 0.2) is 52.2 Å². The van der Waals surface area contributed by atoms with Crippen LogP contribution in [-0.2, 0) is 4.79 Å². The molecule has 3 aromatic rings. The van der Waals surface area contributed by atoms with Gasteiger partial charge in [-0.05, 0) is 80.1 Å². The van der Waals surface area contributed by atoms with Crippen LogP contribution in [0.5, 0.6) is 0 Å². The maximum atomic E-state index is 11.8. The summed E-state index contributed by atoms with van der Waals surface area (Å²) < 4.78 is 0. The molecule has 5 rings (SSSR count). The van der Waals surface area contributed by atoms with Crippen LogP contribution < -0.4 is 16.0 Å². The summed E-state index contributed by atoms with van der Waals surface area (Å²) in [6.07, 6.45) is 7.39. The highest BCUT2D eigenvalue weighted by atomic mass is 32.2. The van der Waals surface area contributed by atoms with Gasteiger partial charge >= 0.3 is 0 Å². The van der Waals surface area contributed by atoms with E-state index < -0.39 is 0 Å². The van der Waals surface area contributed by atoms with Crippen LogP contribution in [0, 0.1) is 0 Å². The lowest BCUT2D eigenvalue weighted by atomic mass is 9.90. The molecular formula is C25H26N6O2S2. The van der Waals surface area contributed by atoms with Gasteiger partial charge in [-0.25, -0.2) is 9.97 Å². The fraction of sp³-hybridized carbons (Fsp3) is 0.320. The minimum atomic E-state index is -0.387. The Labute approximate surface area is 212 Å². The van der Waals surface area contributed by atoms with E-state index in [1.165, 1.54) is 0 Å². The van der Waals surface area contributed by atoms with Crippen LogP contribution in [0.3, 0.4) is 0 Å². The lowest BCUT2D eigenvalue weighted by Crippen LogP contribution is -2.38. The average Bonchev–Trinajstić information content (AvgIpc) is 3.50. The first kappa shape index (κ1) is 23.7. The molecule has 180 valence electrons. The fourth-order valence-electron chi connectivity index (χ4n) is 4.37. The van der Waals surface area contributed by atoms with Crippen LogP contribution in [0.25, 0.3) is 17.3 Å². The smallest absolute Gasteiger partial charge is 0.290 e. The van der Waals surface area contributed by atoms with Crippen LogP contribution in [0.4, 0.5) is 10.7 Å². The Hall–Kier alpha value is -3.08. The molecule has 2 amide bonds. The lowest BCUT2D eigenvalue weighted by molar-refractivity contribution is -0.115. The molecule has 1 saturated heterocycles. The average molecular weight is 507 g/mol. The van der Waals surface area contributed by atoms with E-state index in [1.54, 1.807) is 29.7 Å². The van der Waals surface area contributed by atoms with Gasteiger partial charge in [0, 0.05) is 35.3 Å². The zero-order chi connectivity index (χ0) is 24.2. The molecule has 2 aliphatic rings. The molecule has 1 aliphatic heterocycles. The highest BCUT2D eigenvalue weighted by Crippen LogP contribution is 2.27. The minimum Gasteiger partial charge on any atom is -0.351 e. The van der Waals surface area contributed by atoms with E-state index in [4.69, 9.17) is 4.98 Å². The number of imide groups is 1. The number of hydrogen-bond acceptors (Lipinski definition) is 9. The number of carbonyl (C=O) groups is 2. The van der Waals surface area contributed by atoms with Gasteiger partial charge in [-0.15, -0.1) is 0 Å². The van der Waals surface area contributed by atoms with E-state index in [2.05, 4.69) is 67.9 Å². The van der Waals surface area contributed by atoms with Gasteiger partial charge in [0.1, 0.15) is 0 Å². The molecule has 1 aliphatic carbocycles. The second-order valence-electron chi connectivity index (χ2n) is 8.70. The monoisotopic (exact) mass is 506 g/mol. The van der Waals surface area contributed by atoms with Gasteiger partial charge in [-0.2, -0.15) is 11.3 Å². The summed E-state index contributed by atoms with van der Waals surface area (Å²) in [6.45, 7) is 2.17. The van der Waals surface area contributed by atoms with E-state index in [0.29, 0.717) is 22.6 Å². The SMILES string of the molecule is CC(NC1CCC(Nc2nccc(/C=C3\SC(=O)NC3=O)n2)CC1)c1cccc(-c2ccsc2)n1. The largest absolute Gasteiger partial charge is 0.351 e. The molecule has 0 aromatic carbocycles. The molecule has 8 nitrogen and oxygen atoms in total. The van der Waals surface area contributed by atoms with Gasteiger partial charge < -0.3 is 10.6 Å². The van der Waals surface area contributed by atoms with Gasteiger partial charge in [0.2, 0.25) is 5.95 Å². The number of hydrogen-bond donors (Lipinski definition) is 3. The molecule has 0 spiro atoms. The first-order chi connectivity index (χ1) is 17.0. The number of carbonyl (C=O) groups excluding carboxylic acids is 2. The van der Waals surface area contributed by atoms with Crippen molar-refractivity contribution >= 4 is 46.3 Å². The molecule has 10 heteroatoms. The molecular weight excluding hydrogens is 480 g/mol. The number of thiophene rings is 1. The highest BCUT2D eigenvalue weighted by molar-refractivity contribution is 8.18. The van der Waals surface area contributed by atoms with Crippen molar-refractivity contribution < 1.29 is 9.59 Å². The van der Waals surface area contributed by atoms with Crippen molar-refractivity contribution in [3.63, 3.8) is 0 Å². The Morgan fingerprint density at radius 1 is 1.09 bits per heavy atom. The number of amides is 2. The molecule has 0 bridgehead atoms. The molecule has 35 heavy (non-hydrogen) atoms. The Morgan fingerprint density at radius 3 is 2.66 bits per heavy atom. The Morgan fingerprint density at radius 2 is 1.91 bits per heavy atom. The number of anilines is 1. The first-order valence-corrected chi connectivity index (χ1v) is 13.4. The topological polar surface area (TPSA) is 109 Å². The van der Waals surface area contributed by atoms with E-state index in [-0.39, 0.29) is 23.2 Å². The van der Waals surface area contributed by atoms with Crippen LogP contribution in [0.2, 0.25) is 0 Å². The molecule has 3 N–H and O–H groups in total. The van der Waals surface area contributed by atoms with E-state index in [0.717, 1.165) is 54.4 Å².